The first-order chi connectivity index (χ1) is 18.7. The molecule has 0 fully saturated rings. The van der Waals surface area contributed by atoms with Crippen LogP contribution in [0, 0.1) is 18.3 Å². The molecule has 2 nitrogen and oxygen atoms in total. The minimum Gasteiger partial charge on any atom is -0.262 e. The second-order valence-corrected chi connectivity index (χ2v) is 9.25. The monoisotopic (exact) mass is 488 g/mol. The normalized spacial score (nSPS) is 10.4. The number of aryl methyl sites for hydroxylation is 1. The molecule has 0 amide bonds. The van der Waals surface area contributed by atoms with Crippen LogP contribution in [0.4, 0.5) is 0 Å². The summed E-state index contributed by atoms with van der Waals surface area (Å²) < 4.78 is 0. The number of hydrogen-bond donors (Lipinski definition) is 0. The van der Waals surface area contributed by atoms with Crippen LogP contribution in [0.2, 0.25) is 0 Å². The van der Waals surface area contributed by atoms with Crippen molar-refractivity contribution in [3.05, 3.63) is 151 Å². The van der Waals surface area contributed by atoms with Gasteiger partial charge in [-0.15, -0.1) is 6.58 Å². The first kappa shape index (κ1) is 24.7. The van der Waals surface area contributed by atoms with Crippen molar-refractivity contribution >= 4 is 21.5 Å². The molecule has 2 heteroatoms. The zero-order valence-electron chi connectivity index (χ0n) is 21.4. The lowest BCUT2D eigenvalue weighted by atomic mass is 9.89. The van der Waals surface area contributed by atoms with Gasteiger partial charge in [0.2, 0.25) is 0 Å². The van der Waals surface area contributed by atoms with Crippen LogP contribution in [0.1, 0.15) is 16.8 Å². The van der Waals surface area contributed by atoms with Crippen molar-refractivity contribution in [2.24, 2.45) is 0 Å². The Hall–Kier alpha value is -5.00. The molecule has 0 spiro atoms. The van der Waals surface area contributed by atoms with Gasteiger partial charge in [-0.05, 0) is 105 Å². The average molecular weight is 489 g/mol. The highest BCUT2D eigenvalue weighted by atomic mass is 14.6. The Kier molecular flexibility index (Phi) is 7.39. The third-order valence-electron chi connectivity index (χ3n) is 6.65. The lowest BCUT2D eigenvalue weighted by molar-refractivity contribution is 1.20. The summed E-state index contributed by atoms with van der Waals surface area (Å²) in [6.07, 6.45) is 4.57. The number of fused-ring (bicyclic) bond motifs is 2. The van der Waals surface area contributed by atoms with Gasteiger partial charge in [-0.25, -0.2) is 0 Å². The fourth-order valence-corrected chi connectivity index (χ4v) is 4.76. The fraction of sp³-hybridized carbons (Fsp3) is 0.0556. The standard InChI is InChI=1S/C30H21N.C6H7N/c1-2-7-25-16-23-8-3-4-9-24(23)18-29(25)27-17-26-10-5-6-11-28(26)30(19-27)22-14-12-21(20-31)13-15-22;1-6-4-2-3-5-7-6/h2-6,8-19H,1,7H2;2-5H,1H3. The summed E-state index contributed by atoms with van der Waals surface area (Å²) in [5.41, 5.74) is 7.74. The van der Waals surface area contributed by atoms with E-state index < -0.39 is 0 Å². The number of nitrogens with zero attached hydrogens (tertiary/aromatic N) is 2. The molecule has 6 rings (SSSR count). The van der Waals surface area contributed by atoms with Crippen LogP contribution in [-0.4, -0.2) is 4.98 Å². The van der Waals surface area contributed by atoms with E-state index in [0.717, 1.165) is 17.7 Å². The van der Waals surface area contributed by atoms with Gasteiger partial charge in [0.1, 0.15) is 0 Å². The molecule has 0 saturated carbocycles. The van der Waals surface area contributed by atoms with E-state index in [9.17, 15) is 5.26 Å². The van der Waals surface area contributed by atoms with Gasteiger partial charge >= 0.3 is 0 Å². The van der Waals surface area contributed by atoms with E-state index in [0.29, 0.717) is 5.56 Å². The van der Waals surface area contributed by atoms with Crippen LogP contribution in [-0.2, 0) is 6.42 Å². The average Bonchev–Trinajstić information content (AvgIpc) is 2.97. The van der Waals surface area contributed by atoms with Crippen molar-refractivity contribution in [3.8, 4) is 28.3 Å². The fourth-order valence-electron chi connectivity index (χ4n) is 4.76. The number of nitriles is 1. The number of pyridine rings is 1. The summed E-state index contributed by atoms with van der Waals surface area (Å²) in [6.45, 7) is 5.95. The van der Waals surface area contributed by atoms with Crippen molar-refractivity contribution in [1.82, 2.24) is 4.98 Å². The molecule has 0 aliphatic heterocycles. The number of aromatic nitrogens is 1. The molecule has 38 heavy (non-hydrogen) atoms. The van der Waals surface area contributed by atoms with Crippen molar-refractivity contribution < 1.29 is 0 Å². The molecule has 6 aromatic rings. The molecule has 0 bridgehead atoms. The molecule has 0 saturated heterocycles. The van der Waals surface area contributed by atoms with E-state index in [1.54, 1.807) is 6.20 Å². The van der Waals surface area contributed by atoms with Crippen LogP contribution < -0.4 is 0 Å². The van der Waals surface area contributed by atoms with E-state index >= 15 is 0 Å². The summed E-state index contributed by atoms with van der Waals surface area (Å²) in [5.74, 6) is 0. The predicted octanol–water partition coefficient (Wildman–Crippen LogP) is 9.32. The number of allylic oxidation sites excluding steroid dienone is 1. The third kappa shape index (κ3) is 5.38. The van der Waals surface area contributed by atoms with Crippen LogP contribution >= 0.6 is 0 Å². The summed E-state index contributed by atoms with van der Waals surface area (Å²) in [6, 6.07) is 42.0. The molecule has 182 valence electrons. The highest BCUT2D eigenvalue weighted by Crippen LogP contribution is 2.37. The van der Waals surface area contributed by atoms with Crippen LogP contribution in [0.3, 0.4) is 0 Å². The second kappa shape index (κ2) is 11.4. The van der Waals surface area contributed by atoms with Crippen molar-refractivity contribution in [3.63, 3.8) is 0 Å². The minimum atomic E-state index is 0.673. The molecule has 0 N–H and O–H groups in total. The first-order valence-electron chi connectivity index (χ1n) is 12.7. The largest absolute Gasteiger partial charge is 0.262 e. The number of hydrogen-bond acceptors (Lipinski definition) is 2. The minimum absolute atomic E-state index is 0.673. The van der Waals surface area contributed by atoms with Gasteiger partial charge in [0.15, 0.2) is 0 Å². The molecule has 0 aliphatic rings. The second-order valence-electron chi connectivity index (χ2n) is 9.25. The van der Waals surface area contributed by atoms with Gasteiger partial charge in [0.05, 0.1) is 11.6 Å². The van der Waals surface area contributed by atoms with Gasteiger partial charge in [-0.3, -0.25) is 4.98 Å². The number of rotatable bonds is 4. The van der Waals surface area contributed by atoms with Gasteiger partial charge in [0, 0.05) is 11.9 Å². The quantitative estimate of drug-likeness (QED) is 0.232. The Morgan fingerprint density at radius 2 is 1.39 bits per heavy atom. The Bertz CT molecular complexity index is 1760. The van der Waals surface area contributed by atoms with Crippen LogP contribution in [0.15, 0.2) is 134 Å². The molecular formula is C36H28N2. The molecule has 1 aromatic heterocycles. The Balaban J connectivity index is 0.000000366. The van der Waals surface area contributed by atoms with Gasteiger partial charge in [0.25, 0.3) is 0 Å². The zero-order chi connectivity index (χ0) is 26.3. The van der Waals surface area contributed by atoms with Gasteiger partial charge in [-0.1, -0.05) is 78.9 Å². The Morgan fingerprint density at radius 3 is 2.03 bits per heavy atom. The lowest BCUT2D eigenvalue weighted by Gasteiger charge is -2.15. The van der Waals surface area contributed by atoms with Gasteiger partial charge in [-0.2, -0.15) is 5.26 Å². The summed E-state index contributed by atoms with van der Waals surface area (Å²) in [5, 5.41) is 14.1. The maximum absolute atomic E-state index is 9.17. The predicted molar refractivity (Wildman–Crippen MR) is 160 cm³/mol. The highest BCUT2D eigenvalue weighted by Gasteiger charge is 2.12. The van der Waals surface area contributed by atoms with E-state index in [4.69, 9.17) is 0 Å². The topological polar surface area (TPSA) is 36.7 Å². The Labute approximate surface area is 224 Å². The maximum Gasteiger partial charge on any atom is 0.0991 e. The maximum atomic E-state index is 9.17. The van der Waals surface area contributed by atoms with Crippen molar-refractivity contribution in [1.29, 1.82) is 5.26 Å². The zero-order valence-corrected chi connectivity index (χ0v) is 21.4. The molecular weight excluding hydrogens is 460 g/mol. The van der Waals surface area contributed by atoms with E-state index in [1.165, 1.54) is 43.8 Å². The van der Waals surface area contributed by atoms with E-state index in [1.807, 2.05) is 55.5 Å². The van der Waals surface area contributed by atoms with E-state index in [-0.39, 0.29) is 0 Å². The van der Waals surface area contributed by atoms with Crippen molar-refractivity contribution in [2.45, 2.75) is 13.3 Å². The summed E-state index contributed by atoms with van der Waals surface area (Å²) in [4.78, 5) is 3.98. The van der Waals surface area contributed by atoms with Crippen LogP contribution in [0.25, 0.3) is 43.8 Å². The number of benzene rings is 5. The van der Waals surface area contributed by atoms with Gasteiger partial charge < -0.3 is 0 Å². The molecule has 0 radical (unpaired) electrons. The molecule has 0 aliphatic carbocycles. The molecule has 0 atom stereocenters. The lowest BCUT2D eigenvalue weighted by Crippen LogP contribution is -1.91. The SMILES string of the molecule is C=CCc1cc2ccccc2cc1-c1cc(-c2ccc(C#N)cc2)c2ccccc2c1.Cc1ccccn1. The summed E-state index contributed by atoms with van der Waals surface area (Å²) >= 11 is 0. The van der Waals surface area contributed by atoms with Crippen molar-refractivity contribution in [2.75, 3.05) is 0 Å². The third-order valence-corrected chi connectivity index (χ3v) is 6.65. The molecule has 5 aromatic carbocycles. The first-order valence-corrected chi connectivity index (χ1v) is 12.7. The molecule has 1 heterocycles. The highest BCUT2D eigenvalue weighted by molar-refractivity contribution is 6.01. The Morgan fingerprint density at radius 1 is 0.711 bits per heavy atom. The smallest absolute Gasteiger partial charge is 0.0991 e. The van der Waals surface area contributed by atoms with E-state index in [2.05, 4.69) is 90.4 Å². The summed E-state index contributed by atoms with van der Waals surface area (Å²) in [7, 11) is 0. The van der Waals surface area contributed by atoms with Crippen LogP contribution in [0.5, 0.6) is 0 Å². The molecule has 0 unspecified atom stereocenters.